The van der Waals surface area contributed by atoms with E-state index in [2.05, 4.69) is 25.8 Å². The van der Waals surface area contributed by atoms with Crippen LogP contribution in [0.4, 0.5) is 21.8 Å². The first-order valence-corrected chi connectivity index (χ1v) is 7.91. The lowest BCUT2D eigenvalue weighted by Crippen LogP contribution is -2.05. The maximum atomic E-state index is 12.9. The van der Waals surface area contributed by atoms with Crippen molar-refractivity contribution >= 4 is 17.5 Å². The first-order chi connectivity index (χ1) is 12.2. The van der Waals surface area contributed by atoms with Crippen LogP contribution < -0.4 is 15.4 Å². The second-order valence-electron chi connectivity index (χ2n) is 5.23. The Bertz CT molecular complexity index is 808. The summed E-state index contributed by atoms with van der Waals surface area (Å²) in [4.78, 5) is 4.36. The highest BCUT2D eigenvalue weighted by atomic mass is 19.1. The van der Waals surface area contributed by atoms with Gasteiger partial charge in [0.2, 0.25) is 5.95 Å². The summed E-state index contributed by atoms with van der Waals surface area (Å²) in [6.45, 7) is 3.08. The van der Waals surface area contributed by atoms with Gasteiger partial charge in [-0.15, -0.1) is 5.10 Å². The standard InChI is InChI=1S/C18H18FN5O/c1-2-25-16-9-7-15(8-10-16)22-18-23-17(12-21-24-18)20-11-13-3-5-14(19)6-4-13/h3-10,12H,2,11H2,1H3,(H2,20,22,23,24). The maximum absolute atomic E-state index is 12.9. The van der Waals surface area contributed by atoms with Gasteiger partial charge in [0.15, 0.2) is 5.82 Å². The minimum atomic E-state index is -0.255. The summed E-state index contributed by atoms with van der Waals surface area (Å²) in [5.41, 5.74) is 1.78. The van der Waals surface area contributed by atoms with Crippen molar-refractivity contribution in [2.24, 2.45) is 0 Å². The molecule has 1 aromatic heterocycles. The lowest BCUT2D eigenvalue weighted by molar-refractivity contribution is 0.340. The number of nitrogens with zero attached hydrogens (tertiary/aromatic N) is 3. The Labute approximate surface area is 145 Å². The molecule has 6 nitrogen and oxygen atoms in total. The molecule has 0 atom stereocenters. The molecule has 0 amide bonds. The van der Waals surface area contributed by atoms with Crippen molar-refractivity contribution < 1.29 is 9.13 Å². The van der Waals surface area contributed by atoms with Gasteiger partial charge in [-0.05, 0) is 48.9 Å². The molecule has 0 aliphatic rings. The van der Waals surface area contributed by atoms with Gasteiger partial charge >= 0.3 is 0 Å². The quantitative estimate of drug-likeness (QED) is 0.683. The molecule has 2 aromatic carbocycles. The third-order valence-corrected chi connectivity index (χ3v) is 3.37. The zero-order valence-corrected chi connectivity index (χ0v) is 13.7. The van der Waals surface area contributed by atoms with E-state index in [0.717, 1.165) is 17.0 Å². The van der Waals surface area contributed by atoms with Gasteiger partial charge in [-0.25, -0.2) is 4.39 Å². The summed E-state index contributed by atoms with van der Waals surface area (Å²) >= 11 is 0. The van der Waals surface area contributed by atoms with Crippen molar-refractivity contribution in [1.29, 1.82) is 0 Å². The summed E-state index contributed by atoms with van der Waals surface area (Å²) in [7, 11) is 0. The molecule has 0 aliphatic heterocycles. The van der Waals surface area contributed by atoms with Crippen LogP contribution >= 0.6 is 0 Å². The van der Waals surface area contributed by atoms with Crippen LogP contribution in [0.3, 0.4) is 0 Å². The highest BCUT2D eigenvalue weighted by Crippen LogP contribution is 2.18. The van der Waals surface area contributed by atoms with Crippen LogP contribution in [-0.2, 0) is 6.54 Å². The summed E-state index contributed by atoms with van der Waals surface area (Å²) in [5.74, 6) is 1.51. The molecule has 0 saturated heterocycles. The van der Waals surface area contributed by atoms with E-state index in [4.69, 9.17) is 4.74 Å². The van der Waals surface area contributed by atoms with Gasteiger partial charge in [0.05, 0.1) is 12.8 Å². The minimum absolute atomic E-state index is 0.255. The van der Waals surface area contributed by atoms with E-state index in [1.165, 1.54) is 18.3 Å². The Kier molecular flexibility index (Phi) is 5.36. The number of benzene rings is 2. The molecular weight excluding hydrogens is 321 g/mol. The van der Waals surface area contributed by atoms with E-state index in [1.807, 2.05) is 31.2 Å². The van der Waals surface area contributed by atoms with E-state index in [1.54, 1.807) is 12.1 Å². The number of rotatable bonds is 7. The zero-order valence-electron chi connectivity index (χ0n) is 13.7. The van der Waals surface area contributed by atoms with E-state index >= 15 is 0 Å². The van der Waals surface area contributed by atoms with Crippen LogP contribution in [0.15, 0.2) is 54.7 Å². The highest BCUT2D eigenvalue weighted by molar-refractivity contribution is 5.55. The Morgan fingerprint density at radius 2 is 1.80 bits per heavy atom. The largest absolute Gasteiger partial charge is 0.494 e. The molecular formula is C18H18FN5O. The molecule has 25 heavy (non-hydrogen) atoms. The van der Waals surface area contributed by atoms with Gasteiger partial charge in [0, 0.05) is 12.2 Å². The smallest absolute Gasteiger partial charge is 0.249 e. The van der Waals surface area contributed by atoms with Gasteiger partial charge < -0.3 is 15.4 Å². The molecule has 3 aromatic rings. The van der Waals surface area contributed by atoms with Gasteiger partial charge in [0.1, 0.15) is 11.6 Å². The van der Waals surface area contributed by atoms with E-state index in [9.17, 15) is 4.39 Å². The Morgan fingerprint density at radius 1 is 1.04 bits per heavy atom. The minimum Gasteiger partial charge on any atom is -0.494 e. The molecule has 0 bridgehead atoms. The molecule has 1 heterocycles. The third kappa shape index (κ3) is 4.87. The normalized spacial score (nSPS) is 10.3. The molecule has 0 radical (unpaired) electrons. The van der Waals surface area contributed by atoms with Crippen molar-refractivity contribution in [2.45, 2.75) is 13.5 Å². The number of anilines is 3. The number of hydrogen-bond donors (Lipinski definition) is 2. The predicted octanol–water partition coefficient (Wildman–Crippen LogP) is 3.77. The second-order valence-corrected chi connectivity index (χ2v) is 5.23. The number of ether oxygens (including phenoxy) is 1. The monoisotopic (exact) mass is 339 g/mol. The molecule has 0 fully saturated rings. The van der Waals surface area contributed by atoms with Crippen molar-refractivity contribution in [2.75, 3.05) is 17.2 Å². The van der Waals surface area contributed by atoms with Crippen LogP contribution in [-0.4, -0.2) is 21.8 Å². The Morgan fingerprint density at radius 3 is 2.52 bits per heavy atom. The molecule has 0 unspecified atom stereocenters. The first-order valence-electron chi connectivity index (χ1n) is 7.91. The van der Waals surface area contributed by atoms with Crippen molar-refractivity contribution in [3.8, 4) is 5.75 Å². The lowest BCUT2D eigenvalue weighted by Gasteiger charge is -2.08. The molecule has 0 aliphatic carbocycles. The van der Waals surface area contributed by atoms with Gasteiger partial charge in [-0.2, -0.15) is 10.1 Å². The van der Waals surface area contributed by atoms with Crippen molar-refractivity contribution in [1.82, 2.24) is 15.2 Å². The van der Waals surface area contributed by atoms with Crippen LogP contribution in [0.2, 0.25) is 0 Å². The predicted molar refractivity (Wildman–Crippen MR) is 94.4 cm³/mol. The Balaban J connectivity index is 1.61. The van der Waals surface area contributed by atoms with Crippen LogP contribution in [0.5, 0.6) is 5.75 Å². The zero-order chi connectivity index (χ0) is 17.5. The molecule has 128 valence electrons. The third-order valence-electron chi connectivity index (χ3n) is 3.37. The fourth-order valence-electron chi connectivity index (χ4n) is 2.17. The second kappa shape index (κ2) is 8.05. The summed E-state index contributed by atoms with van der Waals surface area (Å²) in [6, 6.07) is 13.8. The number of nitrogens with one attached hydrogen (secondary N) is 2. The summed E-state index contributed by atoms with van der Waals surface area (Å²) in [6.07, 6.45) is 1.53. The van der Waals surface area contributed by atoms with Gasteiger partial charge in [-0.3, -0.25) is 0 Å². The molecule has 2 N–H and O–H groups in total. The summed E-state index contributed by atoms with van der Waals surface area (Å²) in [5, 5.41) is 14.1. The average molecular weight is 339 g/mol. The van der Waals surface area contributed by atoms with E-state index in [-0.39, 0.29) is 5.82 Å². The lowest BCUT2D eigenvalue weighted by atomic mass is 10.2. The number of hydrogen-bond acceptors (Lipinski definition) is 6. The number of aromatic nitrogens is 3. The molecule has 0 spiro atoms. The van der Waals surface area contributed by atoms with Crippen LogP contribution in [0.25, 0.3) is 0 Å². The topological polar surface area (TPSA) is 72.0 Å². The van der Waals surface area contributed by atoms with Gasteiger partial charge in [-0.1, -0.05) is 12.1 Å². The van der Waals surface area contributed by atoms with Crippen molar-refractivity contribution in [3.05, 3.63) is 66.1 Å². The van der Waals surface area contributed by atoms with E-state index in [0.29, 0.717) is 24.9 Å². The Hall–Kier alpha value is -3.22. The fourth-order valence-corrected chi connectivity index (χ4v) is 2.17. The molecule has 3 rings (SSSR count). The van der Waals surface area contributed by atoms with E-state index < -0.39 is 0 Å². The van der Waals surface area contributed by atoms with Crippen LogP contribution in [0.1, 0.15) is 12.5 Å². The first kappa shape index (κ1) is 16.6. The average Bonchev–Trinajstić information content (AvgIpc) is 2.64. The highest BCUT2D eigenvalue weighted by Gasteiger charge is 2.02. The van der Waals surface area contributed by atoms with Crippen molar-refractivity contribution in [3.63, 3.8) is 0 Å². The fraction of sp³-hybridized carbons (Fsp3) is 0.167. The number of halogens is 1. The summed E-state index contributed by atoms with van der Waals surface area (Å²) < 4.78 is 18.3. The SMILES string of the molecule is CCOc1ccc(Nc2nncc(NCc3ccc(F)cc3)n2)cc1. The van der Waals surface area contributed by atoms with Gasteiger partial charge in [0.25, 0.3) is 0 Å². The maximum Gasteiger partial charge on any atom is 0.249 e. The molecule has 7 heteroatoms. The molecule has 0 saturated carbocycles. The van der Waals surface area contributed by atoms with Crippen LogP contribution in [0, 0.1) is 5.82 Å².